The van der Waals surface area contributed by atoms with Gasteiger partial charge in [-0.25, -0.2) is 14.4 Å². The lowest BCUT2D eigenvalue weighted by atomic mass is 10.1. The summed E-state index contributed by atoms with van der Waals surface area (Å²) >= 11 is 0. The summed E-state index contributed by atoms with van der Waals surface area (Å²) in [5, 5.41) is 20.1. The van der Waals surface area contributed by atoms with E-state index in [1.54, 1.807) is 20.8 Å². The SMILES string of the molecule is CC(C)(C)OC(=O)Nc1cc(C(=O)O)cc(C(=O)O)c1. The van der Waals surface area contributed by atoms with E-state index in [1.165, 1.54) is 0 Å². The zero-order valence-electron chi connectivity index (χ0n) is 11.3. The van der Waals surface area contributed by atoms with E-state index in [0.717, 1.165) is 18.2 Å². The zero-order chi connectivity index (χ0) is 15.5. The van der Waals surface area contributed by atoms with Crippen LogP contribution in [0.4, 0.5) is 10.5 Å². The first-order valence-electron chi connectivity index (χ1n) is 5.70. The minimum atomic E-state index is -1.29. The molecule has 0 bridgehead atoms. The molecule has 7 heteroatoms. The van der Waals surface area contributed by atoms with Crippen LogP contribution < -0.4 is 5.32 Å². The first-order valence-corrected chi connectivity index (χ1v) is 5.70. The molecule has 1 aromatic carbocycles. The highest BCUT2D eigenvalue weighted by molar-refractivity contribution is 5.97. The van der Waals surface area contributed by atoms with Gasteiger partial charge in [-0.3, -0.25) is 5.32 Å². The standard InChI is InChI=1S/C13H15NO6/c1-13(2,3)20-12(19)14-9-5-7(10(15)16)4-8(6-9)11(17)18/h4-6H,1-3H3,(H,14,19)(H,15,16)(H,17,18). The van der Waals surface area contributed by atoms with Gasteiger partial charge in [0.1, 0.15) is 5.60 Å². The predicted molar refractivity (Wildman–Crippen MR) is 70.2 cm³/mol. The molecule has 0 aliphatic heterocycles. The molecule has 0 radical (unpaired) electrons. The highest BCUT2D eigenvalue weighted by atomic mass is 16.6. The van der Waals surface area contributed by atoms with Gasteiger partial charge in [0.15, 0.2) is 0 Å². The summed E-state index contributed by atoms with van der Waals surface area (Å²) in [4.78, 5) is 33.4. The number of hydrogen-bond donors (Lipinski definition) is 3. The Hall–Kier alpha value is -2.57. The lowest BCUT2D eigenvalue weighted by molar-refractivity contribution is 0.0630. The summed E-state index contributed by atoms with van der Waals surface area (Å²) < 4.78 is 5.00. The second-order valence-corrected chi connectivity index (χ2v) is 5.04. The average molecular weight is 281 g/mol. The van der Waals surface area contributed by atoms with Crippen molar-refractivity contribution in [1.82, 2.24) is 0 Å². The molecular weight excluding hydrogens is 266 g/mol. The third-order valence-electron chi connectivity index (χ3n) is 2.07. The van der Waals surface area contributed by atoms with E-state index in [1.807, 2.05) is 0 Å². The van der Waals surface area contributed by atoms with Gasteiger partial charge in [0.05, 0.1) is 11.1 Å². The van der Waals surface area contributed by atoms with E-state index < -0.39 is 23.6 Å². The monoisotopic (exact) mass is 281 g/mol. The summed E-state index contributed by atoms with van der Waals surface area (Å²) in [5.74, 6) is -2.58. The van der Waals surface area contributed by atoms with Gasteiger partial charge in [0.2, 0.25) is 0 Å². The smallest absolute Gasteiger partial charge is 0.412 e. The van der Waals surface area contributed by atoms with Crippen LogP contribution in [0.2, 0.25) is 0 Å². The maximum absolute atomic E-state index is 11.6. The molecule has 0 unspecified atom stereocenters. The number of rotatable bonds is 3. The molecule has 20 heavy (non-hydrogen) atoms. The van der Waals surface area contributed by atoms with Crippen molar-refractivity contribution in [2.24, 2.45) is 0 Å². The molecule has 1 aromatic rings. The minimum absolute atomic E-state index is 0.0385. The molecule has 0 saturated heterocycles. The maximum Gasteiger partial charge on any atom is 0.412 e. The number of carbonyl (C=O) groups excluding carboxylic acids is 1. The third kappa shape index (κ3) is 4.60. The van der Waals surface area contributed by atoms with Crippen molar-refractivity contribution in [2.75, 3.05) is 5.32 Å². The van der Waals surface area contributed by atoms with Crippen molar-refractivity contribution in [3.8, 4) is 0 Å². The van der Waals surface area contributed by atoms with Crippen LogP contribution in [-0.2, 0) is 4.74 Å². The van der Waals surface area contributed by atoms with Crippen LogP contribution in [0, 0.1) is 0 Å². The average Bonchev–Trinajstić information content (AvgIpc) is 2.25. The number of benzene rings is 1. The van der Waals surface area contributed by atoms with E-state index in [4.69, 9.17) is 14.9 Å². The van der Waals surface area contributed by atoms with Crippen molar-refractivity contribution in [1.29, 1.82) is 0 Å². The quantitative estimate of drug-likeness (QED) is 0.784. The Bertz CT molecular complexity index is 526. The van der Waals surface area contributed by atoms with Crippen molar-refractivity contribution >= 4 is 23.7 Å². The Kier molecular flexibility index (Phi) is 4.34. The fourth-order valence-electron chi connectivity index (χ4n) is 1.37. The molecule has 0 fully saturated rings. The molecule has 1 amide bonds. The lowest BCUT2D eigenvalue weighted by Crippen LogP contribution is -2.27. The van der Waals surface area contributed by atoms with Gasteiger partial charge < -0.3 is 14.9 Å². The summed E-state index contributed by atoms with van der Waals surface area (Å²) in [7, 11) is 0. The van der Waals surface area contributed by atoms with Gasteiger partial charge in [0.25, 0.3) is 0 Å². The van der Waals surface area contributed by atoms with Crippen LogP contribution in [0.5, 0.6) is 0 Å². The van der Waals surface area contributed by atoms with Gasteiger partial charge in [-0.05, 0) is 39.0 Å². The van der Waals surface area contributed by atoms with Gasteiger partial charge >= 0.3 is 18.0 Å². The summed E-state index contributed by atoms with van der Waals surface area (Å²) in [6, 6.07) is 3.31. The number of anilines is 1. The molecule has 0 aliphatic carbocycles. The topological polar surface area (TPSA) is 113 Å². The van der Waals surface area contributed by atoms with Crippen LogP contribution >= 0.6 is 0 Å². The van der Waals surface area contributed by atoms with Crippen molar-refractivity contribution in [3.05, 3.63) is 29.3 Å². The molecule has 3 N–H and O–H groups in total. The van der Waals surface area contributed by atoms with Gasteiger partial charge in [-0.15, -0.1) is 0 Å². The van der Waals surface area contributed by atoms with E-state index in [0.29, 0.717) is 0 Å². The molecule has 0 aromatic heterocycles. The lowest BCUT2D eigenvalue weighted by Gasteiger charge is -2.19. The number of carboxylic acid groups (broad SMARTS) is 2. The molecule has 7 nitrogen and oxygen atoms in total. The molecule has 108 valence electrons. The predicted octanol–water partition coefficient (Wildman–Crippen LogP) is 2.43. The van der Waals surface area contributed by atoms with E-state index in [2.05, 4.69) is 5.32 Å². The van der Waals surface area contributed by atoms with E-state index >= 15 is 0 Å². The van der Waals surface area contributed by atoms with Gasteiger partial charge in [-0.2, -0.15) is 0 Å². The Morgan fingerprint density at radius 1 is 1.00 bits per heavy atom. The maximum atomic E-state index is 11.6. The first-order chi connectivity index (χ1) is 9.08. The highest BCUT2D eigenvalue weighted by Gasteiger charge is 2.18. The number of ether oxygens (including phenoxy) is 1. The Labute approximate surface area is 115 Å². The number of amides is 1. The van der Waals surface area contributed by atoms with Crippen LogP contribution in [0.1, 0.15) is 41.5 Å². The highest BCUT2D eigenvalue weighted by Crippen LogP contribution is 2.17. The molecule has 0 heterocycles. The van der Waals surface area contributed by atoms with Crippen molar-refractivity contribution < 1.29 is 29.3 Å². The number of hydrogen-bond acceptors (Lipinski definition) is 4. The van der Waals surface area contributed by atoms with Crippen LogP contribution in [0.3, 0.4) is 0 Å². The van der Waals surface area contributed by atoms with E-state index in [9.17, 15) is 14.4 Å². The fraction of sp³-hybridized carbons (Fsp3) is 0.308. The normalized spacial score (nSPS) is 10.8. The van der Waals surface area contributed by atoms with Crippen LogP contribution in [0.25, 0.3) is 0 Å². The molecule has 1 rings (SSSR count). The van der Waals surface area contributed by atoms with E-state index in [-0.39, 0.29) is 16.8 Å². The van der Waals surface area contributed by atoms with Crippen LogP contribution in [0.15, 0.2) is 18.2 Å². The largest absolute Gasteiger partial charge is 0.478 e. The number of carbonyl (C=O) groups is 3. The Balaban J connectivity index is 3.03. The summed E-state index contributed by atoms with van der Waals surface area (Å²) in [5.41, 5.74) is -1.16. The van der Waals surface area contributed by atoms with Gasteiger partial charge in [-0.1, -0.05) is 0 Å². The van der Waals surface area contributed by atoms with Gasteiger partial charge in [0, 0.05) is 5.69 Å². The number of aromatic carboxylic acids is 2. The van der Waals surface area contributed by atoms with Crippen LogP contribution in [-0.4, -0.2) is 33.8 Å². The van der Waals surface area contributed by atoms with Crippen molar-refractivity contribution in [3.63, 3.8) is 0 Å². The first kappa shape index (κ1) is 15.5. The summed E-state index contributed by atoms with van der Waals surface area (Å²) in [6.45, 7) is 5.01. The molecule has 0 aliphatic rings. The molecular formula is C13H15NO6. The van der Waals surface area contributed by atoms with Crippen molar-refractivity contribution in [2.45, 2.75) is 26.4 Å². The second-order valence-electron chi connectivity index (χ2n) is 5.04. The molecule has 0 spiro atoms. The number of nitrogens with one attached hydrogen (secondary N) is 1. The Morgan fingerprint density at radius 3 is 1.80 bits per heavy atom. The molecule has 0 atom stereocenters. The second kappa shape index (κ2) is 5.60. The fourth-order valence-corrected chi connectivity index (χ4v) is 1.37. The Morgan fingerprint density at radius 2 is 1.45 bits per heavy atom. The summed E-state index contributed by atoms with van der Waals surface area (Å²) in [6.07, 6.45) is -0.795. The minimum Gasteiger partial charge on any atom is -0.478 e. The number of carboxylic acids is 2. The zero-order valence-corrected chi connectivity index (χ0v) is 11.3. The molecule has 0 saturated carbocycles. The third-order valence-corrected chi connectivity index (χ3v) is 2.07.